The maximum Gasteiger partial charge on any atom is 0.255 e. The molecule has 0 radical (unpaired) electrons. The van der Waals surface area contributed by atoms with Crippen molar-refractivity contribution in [2.75, 3.05) is 0 Å². The molecule has 0 aliphatic carbocycles. The molecule has 0 unspecified atom stereocenters. The first-order chi connectivity index (χ1) is 9.88. The van der Waals surface area contributed by atoms with Crippen LogP contribution in [0.15, 0.2) is 22.7 Å². The van der Waals surface area contributed by atoms with Gasteiger partial charge in [0.05, 0.1) is 11.3 Å². The summed E-state index contributed by atoms with van der Waals surface area (Å²) < 4.78 is 18.0. The summed E-state index contributed by atoms with van der Waals surface area (Å²) in [6.07, 6.45) is 0.564. The standard InChI is InChI=1S/C15H17FN2O3/c1-8(6-13-9(2)18-21-10(13)3)17-15(20)12-5-4-11(16)7-14(12)19/h4-5,7-8,19H,6H2,1-3H3,(H,17,20)/t8-/m0/s1. The Balaban J connectivity index is 2.05. The molecule has 0 aliphatic rings. The van der Waals surface area contributed by atoms with E-state index in [2.05, 4.69) is 10.5 Å². The minimum Gasteiger partial charge on any atom is -0.507 e. The topological polar surface area (TPSA) is 75.4 Å². The van der Waals surface area contributed by atoms with Crippen molar-refractivity contribution in [1.82, 2.24) is 10.5 Å². The molecule has 1 amide bonds. The van der Waals surface area contributed by atoms with E-state index in [1.807, 2.05) is 20.8 Å². The molecule has 6 heteroatoms. The van der Waals surface area contributed by atoms with Crippen LogP contribution < -0.4 is 5.32 Å². The van der Waals surface area contributed by atoms with Crippen molar-refractivity contribution >= 4 is 5.91 Å². The van der Waals surface area contributed by atoms with Crippen molar-refractivity contribution in [3.8, 4) is 5.75 Å². The molecule has 0 bridgehead atoms. The summed E-state index contributed by atoms with van der Waals surface area (Å²) >= 11 is 0. The molecule has 0 saturated heterocycles. The number of phenolic OH excluding ortho intramolecular Hbond substituents is 1. The van der Waals surface area contributed by atoms with Crippen molar-refractivity contribution in [1.29, 1.82) is 0 Å². The van der Waals surface area contributed by atoms with Crippen molar-refractivity contribution in [3.63, 3.8) is 0 Å². The number of hydrogen-bond donors (Lipinski definition) is 2. The number of carbonyl (C=O) groups is 1. The zero-order valence-corrected chi connectivity index (χ0v) is 12.1. The van der Waals surface area contributed by atoms with Crippen LogP contribution >= 0.6 is 0 Å². The van der Waals surface area contributed by atoms with Gasteiger partial charge in [-0.2, -0.15) is 0 Å². The predicted molar refractivity (Wildman–Crippen MR) is 74.7 cm³/mol. The van der Waals surface area contributed by atoms with Crippen LogP contribution in [0.3, 0.4) is 0 Å². The molecule has 0 fully saturated rings. The summed E-state index contributed by atoms with van der Waals surface area (Å²) in [7, 11) is 0. The second-order valence-corrected chi connectivity index (χ2v) is 5.04. The molecule has 21 heavy (non-hydrogen) atoms. The number of aromatic hydroxyl groups is 1. The van der Waals surface area contributed by atoms with Gasteiger partial charge >= 0.3 is 0 Å². The monoisotopic (exact) mass is 292 g/mol. The Bertz CT molecular complexity index is 647. The number of rotatable bonds is 4. The highest BCUT2D eigenvalue weighted by Gasteiger charge is 2.17. The largest absolute Gasteiger partial charge is 0.507 e. The minimum absolute atomic E-state index is 0.0435. The van der Waals surface area contributed by atoms with Crippen LogP contribution in [0.1, 0.15) is 34.3 Å². The average molecular weight is 292 g/mol. The van der Waals surface area contributed by atoms with E-state index in [1.54, 1.807) is 0 Å². The summed E-state index contributed by atoms with van der Waals surface area (Å²) in [4.78, 5) is 12.1. The van der Waals surface area contributed by atoms with Gasteiger partial charge in [0.2, 0.25) is 0 Å². The highest BCUT2D eigenvalue weighted by Crippen LogP contribution is 2.19. The molecule has 2 aromatic rings. The number of nitrogens with one attached hydrogen (secondary N) is 1. The van der Waals surface area contributed by atoms with Gasteiger partial charge in [0.25, 0.3) is 5.91 Å². The Hall–Kier alpha value is -2.37. The molecule has 2 N–H and O–H groups in total. The smallest absolute Gasteiger partial charge is 0.255 e. The van der Waals surface area contributed by atoms with Crippen molar-refractivity contribution in [2.24, 2.45) is 0 Å². The SMILES string of the molecule is Cc1noc(C)c1C[C@H](C)NC(=O)c1ccc(F)cc1O. The quantitative estimate of drug-likeness (QED) is 0.908. The van der Waals surface area contributed by atoms with Gasteiger partial charge < -0.3 is 14.9 Å². The average Bonchev–Trinajstić information content (AvgIpc) is 2.70. The third-order valence-corrected chi connectivity index (χ3v) is 3.27. The maximum absolute atomic E-state index is 12.9. The lowest BCUT2D eigenvalue weighted by Gasteiger charge is -2.14. The molecule has 2 rings (SSSR count). The fraction of sp³-hybridized carbons (Fsp3) is 0.333. The molecule has 5 nitrogen and oxygen atoms in total. The second-order valence-electron chi connectivity index (χ2n) is 5.04. The minimum atomic E-state index is -0.590. The first kappa shape index (κ1) is 15.0. The first-order valence-electron chi connectivity index (χ1n) is 6.59. The Morgan fingerprint density at radius 2 is 2.19 bits per heavy atom. The highest BCUT2D eigenvalue weighted by atomic mass is 19.1. The Labute approximate surface area is 121 Å². The van der Waals surface area contributed by atoms with Crippen LogP contribution in [0.4, 0.5) is 4.39 Å². The van der Waals surface area contributed by atoms with Crippen LogP contribution in [0.5, 0.6) is 5.75 Å². The molecule has 1 aromatic carbocycles. The number of phenols is 1. The van der Waals surface area contributed by atoms with Gasteiger partial charge in [-0.05, 0) is 39.3 Å². The van der Waals surface area contributed by atoms with E-state index >= 15 is 0 Å². The van der Waals surface area contributed by atoms with Gasteiger partial charge in [-0.3, -0.25) is 4.79 Å². The zero-order valence-electron chi connectivity index (χ0n) is 12.1. The van der Waals surface area contributed by atoms with Crippen molar-refractivity contribution in [2.45, 2.75) is 33.2 Å². The maximum atomic E-state index is 12.9. The van der Waals surface area contributed by atoms with Gasteiger partial charge in [-0.25, -0.2) is 4.39 Å². The number of aromatic nitrogens is 1. The molecule has 112 valence electrons. The number of carbonyl (C=O) groups excluding carboxylic acids is 1. The van der Waals surface area contributed by atoms with Crippen molar-refractivity contribution in [3.05, 3.63) is 46.6 Å². The van der Waals surface area contributed by atoms with Crippen LogP contribution in [0.2, 0.25) is 0 Å². The van der Waals surface area contributed by atoms with E-state index in [-0.39, 0.29) is 17.4 Å². The summed E-state index contributed by atoms with van der Waals surface area (Å²) in [5.74, 6) is -0.699. The Morgan fingerprint density at radius 3 is 2.76 bits per heavy atom. The number of amides is 1. The highest BCUT2D eigenvalue weighted by molar-refractivity contribution is 5.96. The summed E-state index contributed by atoms with van der Waals surface area (Å²) in [5, 5.41) is 16.2. The molecule has 1 aromatic heterocycles. The van der Waals surface area contributed by atoms with Gasteiger partial charge in [0.1, 0.15) is 17.3 Å². The van der Waals surface area contributed by atoms with Gasteiger partial charge in [0, 0.05) is 17.7 Å². The molecule has 1 atom stereocenters. The molecule has 1 heterocycles. The van der Waals surface area contributed by atoms with E-state index in [0.717, 1.165) is 29.2 Å². The van der Waals surface area contributed by atoms with Crippen LogP contribution in [0.25, 0.3) is 0 Å². The summed E-state index contributed by atoms with van der Waals surface area (Å²) in [5.41, 5.74) is 1.78. The lowest BCUT2D eigenvalue weighted by molar-refractivity contribution is 0.0937. The van der Waals surface area contributed by atoms with Gasteiger partial charge in [-0.1, -0.05) is 5.16 Å². The first-order valence-corrected chi connectivity index (χ1v) is 6.59. The fourth-order valence-electron chi connectivity index (χ4n) is 2.15. The van der Waals surface area contributed by atoms with Gasteiger partial charge in [-0.15, -0.1) is 0 Å². The number of nitrogens with zero attached hydrogens (tertiary/aromatic N) is 1. The van der Waals surface area contributed by atoms with Crippen LogP contribution in [-0.4, -0.2) is 22.2 Å². The lowest BCUT2D eigenvalue weighted by Crippen LogP contribution is -2.34. The Kier molecular flexibility index (Phi) is 4.26. The molecule has 0 aliphatic heterocycles. The normalized spacial score (nSPS) is 12.2. The molecular formula is C15H17FN2O3. The third-order valence-electron chi connectivity index (χ3n) is 3.27. The van der Waals surface area contributed by atoms with E-state index in [4.69, 9.17) is 4.52 Å². The zero-order chi connectivity index (χ0) is 15.6. The van der Waals surface area contributed by atoms with Crippen LogP contribution in [0, 0.1) is 19.7 Å². The van der Waals surface area contributed by atoms with E-state index in [1.165, 1.54) is 6.07 Å². The number of aryl methyl sites for hydroxylation is 2. The van der Waals surface area contributed by atoms with Crippen molar-refractivity contribution < 1.29 is 18.8 Å². The number of halogens is 1. The molecule has 0 saturated carbocycles. The molecular weight excluding hydrogens is 275 g/mol. The number of hydrogen-bond acceptors (Lipinski definition) is 4. The van der Waals surface area contributed by atoms with Crippen LogP contribution in [-0.2, 0) is 6.42 Å². The fourth-order valence-corrected chi connectivity index (χ4v) is 2.15. The third kappa shape index (κ3) is 3.39. The summed E-state index contributed by atoms with van der Waals surface area (Å²) in [6, 6.07) is 3.11. The lowest BCUT2D eigenvalue weighted by atomic mass is 10.1. The van der Waals surface area contributed by atoms with Gasteiger partial charge in [0.15, 0.2) is 0 Å². The van der Waals surface area contributed by atoms with E-state index in [0.29, 0.717) is 6.42 Å². The second kappa shape index (κ2) is 5.95. The Morgan fingerprint density at radius 1 is 1.48 bits per heavy atom. The molecule has 0 spiro atoms. The predicted octanol–water partition coefficient (Wildman–Crippen LogP) is 2.50. The van der Waals surface area contributed by atoms with E-state index < -0.39 is 11.7 Å². The summed E-state index contributed by atoms with van der Waals surface area (Å²) in [6.45, 7) is 5.49. The number of benzene rings is 1. The van der Waals surface area contributed by atoms with E-state index in [9.17, 15) is 14.3 Å².